The quantitative estimate of drug-likeness (QED) is 0.911. The predicted octanol–water partition coefficient (Wildman–Crippen LogP) is 2.40. The van der Waals surface area contributed by atoms with Gasteiger partial charge in [0.25, 0.3) is 5.91 Å². The van der Waals surface area contributed by atoms with E-state index in [1.165, 1.54) is 0 Å². The van der Waals surface area contributed by atoms with Crippen LogP contribution in [-0.2, 0) is 0 Å². The molecule has 0 bridgehead atoms. The topological polar surface area (TPSA) is 61.9 Å². The summed E-state index contributed by atoms with van der Waals surface area (Å²) < 4.78 is 0. The molecule has 1 fully saturated rings. The molecule has 20 heavy (non-hydrogen) atoms. The maximum absolute atomic E-state index is 12.7. The van der Waals surface area contributed by atoms with Crippen molar-refractivity contribution in [2.45, 2.75) is 32.7 Å². The molecule has 5 nitrogen and oxygen atoms in total. The molecule has 1 aliphatic heterocycles. The van der Waals surface area contributed by atoms with Gasteiger partial charge < -0.3 is 9.88 Å². The Hall–Kier alpha value is -2.17. The zero-order chi connectivity index (χ0) is 14.1. The Morgan fingerprint density at radius 1 is 1.40 bits per heavy atom. The Balaban J connectivity index is 1.89. The van der Waals surface area contributed by atoms with E-state index in [1.54, 1.807) is 6.07 Å². The number of aromatic nitrogens is 3. The number of aryl methyl sites for hydroxylation is 2. The van der Waals surface area contributed by atoms with Crippen LogP contribution in [-0.4, -0.2) is 32.3 Å². The number of aromatic amines is 1. The average Bonchev–Trinajstić information content (AvgIpc) is 3.07. The van der Waals surface area contributed by atoms with Gasteiger partial charge >= 0.3 is 0 Å². The van der Waals surface area contributed by atoms with E-state index in [9.17, 15) is 4.79 Å². The van der Waals surface area contributed by atoms with Gasteiger partial charge in [-0.05, 0) is 44.9 Å². The summed E-state index contributed by atoms with van der Waals surface area (Å²) in [5.41, 5.74) is 2.42. The van der Waals surface area contributed by atoms with Crippen molar-refractivity contribution in [3.8, 4) is 0 Å². The first kappa shape index (κ1) is 12.8. The minimum Gasteiger partial charge on any atom is -0.363 e. The van der Waals surface area contributed by atoms with Crippen LogP contribution in [0.15, 0.2) is 24.4 Å². The van der Waals surface area contributed by atoms with Crippen LogP contribution in [0.25, 0.3) is 0 Å². The normalized spacial score (nSPS) is 18.5. The number of amides is 1. The number of nitrogens with one attached hydrogen (secondary N) is 1. The van der Waals surface area contributed by atoms with Gasteiger partial charge in [-0.1, -0.05) is 0 Å². The molecule has 5 heteroatoms. The summed E-state index contributed by atoms with van der Waals surface area (Å²) in [6, 6.07) is 5.90. The molecule has 0 saturated carbocycles. The lowest BCUT2D eigenvalue weighted by Crippen LogP contribution is -2.31. The summed E-state index contributed by atoms with van der Waals surface area (Å²) in [4.78, 5) is 26.3. The molecular weight excluding hydrogens is 252 g/mol. The molecule has 1 saturated heterocycles. The highest BCUT2D eigenvalue weighted by Gasteiger charge is 2.31. The third kappa shape index (κ3) is 2.31. The van der Waals surface area contributed by atoms with E-state index in [1.807, 2.05) is 37.1 Å². The SMILES string of the molecule is Cc1cc(C(=O)N2CCCC2c2ccc[nH]2)nc(C)n1. The first-order valence-corrected chi connectivity index (χ1v) is 6.91. The summed E-state index contributed by atoms with van der Waals surface area (Å²) >= 11 is 0. The van der Waals surface area contributed by atoms with Crippen LogP contribution in [0.5, 0.6) is 0 Å². The first-order valence-electron chi connectivity index (χ1n) is 6.91. The van der Waals surface area contributed by atoms with Crippen LogP contribution >= 0.6 is 0 Å². The highest BCUT2D eigenvalue weighted by atomic mass is 16.2. The third-order valence-corrected chi connectivity index (χ3v) is 3.68. The monoisotopic (exact) mass is 270 g/mol. The van der Waals surface area contributed by atoms with E-state index in [2.05, 4.69) is 15.0 Å². The molecule has 2 aromatic heterocycles. The van der Waals surface area contributed by atoms with Gasteiger partial charge in [-0.25, -0.2) is 9.97 Å². The summed E-state index contributed by atoms with van der Waals surface area (Å²) in [7, 11) is 0. The van der Waals surface area contributed by atoms with E-state index in [4.69, 9.17) is 0 Å². The number of likely N-dealkylation sites (tertiary alicyclic amines) is 1. The Bertz CT molecular complexity index is 601. The molecule has 3 heterocycles. The van der Waals surface area contributed by atoms with Gasteiger partial charge in [0.2, 0.25) is 0 Å². The number of carbonyl (C=O) groups is 1. The van der Waals surface area contributed by atoms with Crippen molar-refractivity contribution in [2.75, 3.05) is 6.54 Å². The van der Waals surface area contributed by atoms with Crippen molar-refractivity contribution in [3.63, 3.8) is 0 Å². The Kier molecular flexibility index (Phi) is 3.26. The summed E-state index contributed by atoms with van der Waals surface area (Å²) in [5, 5.41) is 0. The van der Waals surface area contributed by atoms with Gasteiger partial charge in [0.15, 0.2) is 0 Å². The average molecular weight is 270 g/mol. The van der Waals surface area contributed by atoms with Gasteiger partial charge in [-0.3, -0.25) is 4.79 Å². The van der Waals surface area contributed by atoms with E-state index in [0.29, 0.717) is 11.5 Å². The van der Waals surface area contributed by atoms with Crippen molar-refractivity contribution in [2.24, 2.45) is 0 Å². The van der Waals surface area contributed by atoms with E-state index in [-0.39, 0.29) is 11.9 Å². The smallest absolute Gasteiger partial charge is 0.273 e. The fraction of sp³-hybridized carbons (Fsp3) is 0.400. The molecule has 0 aromatic carbocycles. The van der Waals surface area contributed by atoms with E-state index in [0.717, 1.165) is 30.8 Å². The molecular formula is C15H18N4O. The number of nitrogens with zero attached hydrogens (tertiary/aromatic N) is 3. The molecule has 104 valence electrons. The fourth-order valence-corrected chi connectivity index (χ4v) is 2.86. The van der Waals surface area contributed by atoms with Gasteiger partial charge in [0, 0.05) is 24.1 Å². The van der Waals surface area contributed by atoms with Crippen molar-refractivity contribution in [3.05, 3.63) is 47.3 Å². The second-order valence-electron chi connectivity index (χ2n) is 5.22. The lowest BCUT2D eigenvalue weighted by Gasteiger charge is -2.23. The van der Waals surface area contributed by atoms with Gasteiger partial charge in [0.05, 0.1) is 6.04 Å². The third-order valence-electron chi connectivity index (χ3n) is 3.68. The largest absolute Gasteiger partial charge is 0.363 e. The van der Waals surface area contributed by atoms with Crippen LogP contribution in [0.4, 0.5) is 0 Å². The maximum Gasteiger partial charge on any atom is 0.273 e. The van der Waals surface area contributed by atoms with E-state index >= 15 is 0 Å². The van der Waals surface area contributed by atoms with Crippen LogP contribution in [0, 0.1) is 13.8 Å². The maximum atomic E-state index is 12.7. The zero-order valence-electron chi connectivity index (χ0n) is 11.8. The van der Waals surface area contributed by atoms with Gasteiger partial charge in [0.1, 0.15) is 11.5 Å². The molecule has 1 atom stereocenters. The van der Waals surface area contributed by atoms with Crippen LogP contribution < -0.4 is 0 Å². The highest BCUT2D eigenvalue weighted by molar-refractivity contribution is 5.92. The lowest BCUT2D eigenvalue weighted by molar-refractivity contribution is 0.0726. The molecule has 0 aliphatic carbocycles. The van der Waals surface area contributed by atoms with Crippen molar-refractivity contribution < 1.29 is 4.79 Å². The fourth-order valence-electron chi connectivity index (χ4n) is 2.86. The summed E-state index contributed by atoms with van der Waals surface area (Å²) in [6.07, 6.45) is 3.92. The molecule has 3 rings (SSSR count). The van der Waals surface area contributed by atoms with E-state index < -0.39 is 0 Å². The van der Waals surface area contributed by atoms with Gasteiger partial charge in [-0.15, -0.1) is 0 Å². The van der Waals surface area contributed by atoms with Crippen molar-refractivity contribution in [1.29, 1.82) is 0 Å². The molecule has 1 unspecified atom stereocenters. The number of hydrogen-bond acceptors (Lipinski definition) is 3. The summed E-state index contributed by atoms with van der Waals surface area (Å²) in [6.45, 7) is 4.48. The first-order chi connectivity index (χ1) is 9.65. The zero-order valence-corrected chi connectivity index (χ0v) is 11.8. The molecule has 1 N–H and O–H groups in total. The standard InChI is InChI=1S/C15H18N4O/c1-10-9-13(18-11(2)17-10)15(20)19-8-4-6-14(19)12-5-3-7-16-12/h3,5,7,9,14,16H,4,6,8H2,1-2H3. The minimum absolute atomic E-state index is 0.00398. The Labute approximate surface area is 118 Å². The van der Waals surface area contributed by atoms with Crippen LogP contribution in [0.1, 0.15) is 46.6 Å². The molecule has 2 aromatic rings. The molecule has 1 aliphatic rings. The second kappa shape index (κ2) is 5.07. The molecule has 0 spiro atoms. The second-order valence-corrected chi connectivity index (χ2v) is 5.22. The lowest BCUT2D eigenvalue weighted by atomic mass is 10.1. The summed E-state index contributed by atoms with van der Waals surface area (Å²) in [5.74, 6) is 0.639. The highest BCUT2D eigenvalue weighted by Crippen LogP contribution is 2.31. The number of carbonyl (C=O) groups excluding carboxylic acids is 1. The Morgan fingerprint density at radius 3 is 2.95 bits per heavy atom. The molecule has 0 radical (unpaired) electrons. The molecule has 1 amide bonds. The minimum atomic E-state index is -0.00398. The van der Waals surface area contributed by atoms with Gasteiger partial charge in [-0.2, -0.15) is 0 Å². The predicted molar refractivity (Wildman–Crippen MR) is 75.3 cm³/mol. The van der Waals surface area contributed by atoms with Crippen LogP contribution in [0.3, 0.4) is 0 Å². The number of rotatable bonds is 2. The van der Waals surface area contributed by atoms with Crippen molar-refractivity contribution in [1.82, 2.24) is 19.9 Å². The van der Waals surface area contributed by atoms with Crippen molar-refractivity contribution >= 4 is 5.91 Å². The number of hydrogen-bond donors (Lipinski definition) is 1. The Morgan fingerprint density at radius 2 is 2.25 bits per heavy atom. The number of H-pyrrole nitrogens is 1. The van der Waals surface area contributed by atoms with Crippen LogP contribution in [0.2, 0.25) is 0 Å².